The van der Waals surface area contributed by atoms with Crippen molar-refractivity contribution in [2.24, 2.45) is 0 Å². The zero-order chi connectivity index (χ0) is 48.5. The maximum Gasteiger partial charge on any atom is 0.220 e. The molecule has 1 amide bonds. The summed E-state index contributed by atoms with van der Waals surface area (Å²) in [5.74, 6) is -0.0260. The molecule has 0 aromatic carbocycles. The molecule has 0 aromatic heterocycles. The lowest BCUT2D eigenvalue weighted by Crippen LogP contribution is -2.45. The highest BCUT2D eigenvalue weighted by Gasteiger charge is 2.20. The summed E-state index contributed by atoms with van der Waals surface area (Å²) in [5, 5.41) is 23.4. The molecule has 0 aliphatic carbocycles. The van der Waals surface area contributed by atoms with Crippen molar-refractivity contribution >= 4 is 5.91 Å². The number of hydrogen-bond donors (Lipinski definition) is 3. The quantitative estimate of drug-likeness (QED) is 0.0420. The molecule has 0 saturated heterocycles. The highest BCUT2D eigenvalue weighted by molar-refractivity contribution is 5.76. The molecule has 3 N–H and O–H groups in total. The Hall–Kier alpha value is -1.65. The molecule has 2 unspecified atom stereocenters. The van der Waals surface area contributed by atoms with Crippen molar-refractivity contribution in [3.8, 4) is 0 Å². The third-order valence-corrected chi connectivity index (χ3v) is 14.1. The van der Waals surface area contributed by atoms with Gasteiger partial charge in [0.25, 0.3) is 0 Å². The van der Waals surface area contributed by atoms with Crippen LogP contribution in [0, 0.1) is 0 Å². The lowest BCUT2D eigenvalue weighted by molar-refractivity contribution is -0.123. The molecule has 2 atom stereocenters. The number of amides is 1. The lowest BCUT2D eigenvalue weighted by atomic mass is 10.0. The lowest BCUT2D eigenvalue weighted by Gasteiger charge is -2.22. The van der Waals surface area contributed by atoms with Gasteiger partial charge >= 0.3 is 0 Å². The second-order valence-corrected chi connectivity index (χ2v) is 20.7. The first-order chi connectivity index (χ1) is 33.2. The Morgan fingerprint density at radius 2 is 0.657 bits per heavy atom. The predicted octanol–water partition coefficient (Wildman–Crippen LogP) is 20.2. The van der Waals surface area contributed by atoms with E-state index in [0.29, 0.717) is 12.8 Å². The van der Waals surface area contributed by atoms with Crippen LogP contribution in [0.5, 0.6) is 0 Å². The molecule has 0 aliphatic rings. The first kappa shape index (κ1) is 65.3. The van der Waals surface area contributed by atoms with Gasteiger partial charge in [0, 0.05) is 6.42 Å². The molecular weight excluding hydrogens is 819 g/mol. The Morgan fingerprint density at radius 3 is 0.985 bits per heavy atom. The number of hydrogen-bond acceptors (Lipinski definition) is 3. The SMILES string of the molecule is CC/C=C\C/C=C\C/C=C\C/C=C\CCCCCCCCCCCCCCCCCCCCC(=O)NC(CO)C(O)CCCCCCCCCCCCCCCCCCCCCCCCCC. The van der Waals surface area contributed by atoms with Gasteiger partial charge in [-0.2, -0.15) is 0 Å². The van der Waals surface area contributed by atoms with Gasteiger partial charge in [-0.25, -0.2) is 0 Å². The monoisotopic (exact) mass is 938 g/mol. The van der Waals surface area contributed by atoms with E-state index in [0.717, 1.165) is 51.4 Å². The van der Waals surface area contributed by atoms with Crippen LogP contribution >= 0.6 is 0 Å². The molecule has 0 rings (SSSR count). The zero-order valence-electron chi connectivity index (χ0n) is 45.4. The first-order valence-corrected chi connectivity index (χ1v) is 30.3. The summed E-state index contributed by atoms with van der Waals surface area (Å²) < 4.78 is 0. The van der Waals surface area contributed by atoms with Crippen molar-refractivity contribution in [1.82, 2.24) is 5.32 Å². The molecule has 67 heavy (non-hydrogen) atoms. The third-order valence-electron chi connectivity index (χ3n) is 14.1. The Morgan fingerprint density at radius 1 is 0.373 bits per heavy atom. The van der Waals surface area contributed by atoms with E-state index in [-0.39, 0.29) is 12.5 Å². The summed E-state index contributed by atoms with van der Waals surface area (Å²) in [5.41, 5.74) is 0. The fourth-order valence-corrected chi connectivity index (χ4v) is 9.53. The first-order valence-electron chi connectivity index (χ1n) is 30.3. The van der Waals surface area contributed by atoms with E-state index in [4.69, 9.17) is 0 Å². The minimum absolute atomic E-state index is 0.0260. The van der Waals surface area contributed by atoms with Crippen molar-refractivity contribution in [1.29, 1.82) is 0 Å². The van der Waals surface area contributed by atoms with Crippen LogP contribution in [-0.2, 0) is 4.79 Å². The van der Waals surface area contributed by atoms with Gasteiger partial charge in [-0.05, 0) is 51.4 Å². The van der Waals surface area contributed by atoms with Gasteiger partial charge in [0.2, 0.25) is 5.91 Å². The van der Waals surface area contributed by atoms with Crippen LogP contribution in [0.4, 0.5) is 0 Å². The molecular formula is C63H119NO3. The Balaban J connectivity index is 3.42. The summed E-state index contributed by atoms with van der Waals surface area (Å²) in [7, 11) is 0. The van der Waals surface area contributed by atoms with E-state index in [1.807, 2.05) is 0 Å². The fourth-order valence-electron chi connectivity index (χ4n) is 9.53. The fraction of sp³-hybridized carbons (Fsp3) is 0.857. The zero-order valence-corrected chi connectivity index (χ0v) is 45.4. The summed E-state index contributed by atoms with van der Waals surface area (Å²) in [6.45, 7) is 4.28. The van der Waals surface area contributed by atoms with Gasteiger partial charge in [0.1, 0.15) is 0 Å². The smallest absolute Gasteiger partial charge is 0.220 e. The normalized spacial score (nSPS) is 13.1. The van der Waals surface area contributed by atoms with E-state index in [1.165, 1.54) is 250 Å². The Kier molecular flexibility index (Phi) is 57.2. The van der Waals surface area contributed by atoms with Gasteiger partial charge in [-0.3, -0.25) is 4.79 Å². The number of unbranched alkanes of at least 4 members (excludes halogenated alkanes) is 41. The van der Waals surface area contributed by atoms with Crippen molar-refractivity contribution < 1.29 is 15.0 Å². The Bertz CT molecular complexity index is 1060. The van der Waals surface area contributed by atoms with Gasteiger partial charge < -0.3 is 15.5 Å². The van der Waals surface area contributed by atoms with E-state index in [9.17, 15) is 15.0 Å². The van der Waals surface area contributed by atoms with Gasteiger partial charge in [-0.15, -0.1) is 0 Å². The average molecular weight is 939 g/mol. The van der Waals surface area contributed by atoms with E-state index in [2.05, 4.69) is 67.8 Å². The molecule has 0 saturated carbocycles. The summed E-state index contributed by atoms with van der Waals surface area (Å²) >= 11 is 0. The molecule has 4 heteroatoms. The second kappa shape index (κ2) is 58.7. The van der Waals surface area contributed by atoms with Crippen LogP contribution in [0.1, 0.15) is 328 Å². The number of nitrogens with one attached hydrogen (secondary N) is 1. The van der Waals surface area contributed by atoms with Crippen molar-refractivity contribution in [3.63, 3.8) is 0 Å². The molecule has 0 aliphatic heterocycles. The number of carbonyl (C=O) groups excluding carboxylic acids is 1. The minimum atomic E-state index is -0.660. The molecule has 394 valence electrons. The average Bonchev–Trinajstić information content (AvgIpc) is 3.33. The van der Waals surface area contributed by atoms with Crippen LogP contribution in [0.3, 0.4) is 0 Å². The van der Waals surface area contributed by atoms with E-state index < -0.39 is 12.1 Å². The van der Waals surface area contributed by atoms with Crippen LogP contribution in [-0.4, -0.2) is 34.9 Å². The standard InChI is InChI=1S/C63H119NO3/c1-3-5-7-9-11-13-15-17-19-21-23-25-27-29-30-31-32-33-34-35-37-39-41-43-45-47-49-51-53-55-57-59-63(67)64-61(60-65)62(66)58-56-54-52-50-48-46-44-42-40-38-36-28-26-24-22-20-18-16-14-12-10-8-6-4-2/h5,7,11,13,17,19,23,25,61-62,65-66H,3-4,6,8-10,12,14-16,18,20-22,24,26-60H2,1-2H3,(H,64,67)/b7-5-,13-11-,19-17-,25-23-. The van der Waals surface area contributed by atoms with Gasteiger partial charge in [0.05, 0.1) is 18.8 Å². The third kappa shape index (κ3) is 55.2. The largest absolute Gasteiger partial charge is 0.394 e. The van der Waals surface area contributed by atoms with Crippen molar-refractivity contribution in [3.05, 3.63) is 48.6 Å². The van der Waals surface area contributed by atoms with Crippen LogP contribution < -0.4 is 5.32 Å². The predicted molar refractivity (Wildman–Crippen MR) is 299 cm³/mol. The highest BCUT2D eigenvalue weighted by atomic mass is 16.3. The minimum Gasteiger partial charge on any atom is -0.394 e. The van der Waals surface area contributed by atoms with E-state index >= 15 is 0 Å². The Labute approximate surface area is 420 Å². The van der Waals surface area contributed by atoms with E-state index in [1.54, 1.807) is 0 Å². The number of aliphatic hydroxyl groups is 2. The van der Waals surface area contributed by atoms with Gasteiger partial charge in [0.15, 0.2) is 0 Å². The molecule has 0 heterocycles. The number of aliphatic hydroxyl groups excluding tert-OH is 2. The maximum absolute atomic E-state index is 12.5. The molecule has 0 radical (unpaired) electrons. The second-order valence-electron chi connectivity index (χ2n) is 20.7. The molecule has 4 nitrogen and oxygen atoms in total. The molecule has 0 fully saturated rings. The topological polar surface area (TPSA) is 69.6 Å². The van der Waals surface area contributed by atoms with Gasteiger partial charge in [-0.1, -0.05) is 319 Å². The summed E-state index contributed by atoms with van der Waals surface area (Å²) in [4.78, 5) is 12.5. The van der Waals surface area contributed by atoms with Crippen molar-refractivity contribution in [2.45, 2.75) is 341 Å². The number of rotatable bonds is 56. The molecule has 0 spiro atoms. The van der Waals surface area contributed by atoms with Crippen LogP contribution in [0.2, 0.25) is 0 Å². The molecule has 0 bridgehead atoms. The molecule has 0 aromatic rings. The highest BCUT2D eigenvalue weighted by Crippen LogP contribution is 2.18. The maximum atomic E-state index is 12.5. The van der Waals surface area contributed by atoms with Crippen LogP contribution in [0.15, 0.2) is 48.6 Å². The van der Waals surface area contributed by atoms with Crippen LogP contribution in [0.25, 0.3) is 0 Å². The summed E-state index contributed by atoms with van der Waals surface area (Å²) in [6, 6.07) is -0.537. The number of carbonyl (C=O) groups is 1. The summed E-state index contributed by atoms with van der Waals surface area (Å²) in [6.07, 6.45) is 81.2. The number of allylic oxidation sites excluding steroid dienone is 8. The van der Waals surface area contributed by atoms with Crippen molar-refractivity contribution in [2.75, 3.05) is 6.61 Å².